The molecule has 0 fully saturated rings. The summed E-state index contributed by atoms with van der Waals surface area (Å²) >= 11 is 5.95. The molecule has 0 radical (unpaired) electrons. The molecule has 0 amide bonds. The third-order valence-corrected chi connectivity index (χ3v) is 10.6. The van der Waals surface area contributed by atoms with Crippen LogP contribution in [0.4, 0.5) is 5.69 Å². The Morgan fingerprint density at radius 2 is 1.49 bits per heavy atom. The predicted molar refractivity (Wildman–Crippen MR) is 178 cm³/mol. The molecule has 9 nitrogen and oxygen atoms in total. The molecule has 1 aromatic heterocycles. The molecule has 0 unspecified atom stereocenters. The Kier molecular flexibility index (Phi) is 7.20. The van der Waals surface area contributed by atoms with Crippen molar-refractivity contribution in [1.29, 1.82) is 0 Å². The summed E-state index contributed by atoms with van der Waals surface area (Å²) in [5.74, 6) is -1.43. The Morgan fingerprint density at radius 1 is 0.867 bits per heavy atom. The summed E-state index contributed by atoms with van der Waals surface area (Å²) in [5.41, 5.74) is 2.38. The monoisotopic (exact) mass is 774 g/mol. The van der Waals surface area contributed by atoms with E-state index in [1.54, 1.807) is 64.3 Å². The molecule has 224 valence electrons. The van der Waals surface area contributed by atoms with Crippen LogP contribution in [0.15, 0.2) is 96.3 Å². The van der Waals surface area contributed by atoms with E-state index in [2.05, 4.69) is 48.8 Å². The number of Topliss-reactive ketones (excluding diaryl/α,β-unsaturated/α-hetero) is 3. The lowest BCUT2D eigenvalue weighted by molar-refractivity contribution is -0.113. The molecular weight excluding hydrogens is 751 g/mol. The number of fused-ring (bicyclic) bond motifs is 3. The number of carbonyl (C=O) groups is 4. The molecule has 7 rings (SSSR count). The first-order valence-corrected chi connectivity index (χ1v) is 16.1. The lowest BCUT2D eigenvalue weighted by atomic mass is 9.79. The number of aromatic nitrogens is 3. The van der Waals surface area contributed by atoms with E-state index < -0.39 is 28.0 Å². The average molecular weight is 775 g/mol. The number of allylic oxidation sites excluding steroid dienone is 3. The van der Waals surface area contributed by atoms with Gasteiger partial charge < -0.3 is 9.64 Å². The van der Waals surface area contributed by atoms with E-state index in [0.717, 1.165) is 3.57 Å². The number of halogens is 2. The Balaban J connectivity index is 1.30. The molecule has 0 spiro atoms. The van der Waals surface area contributed by atoms with Crippen molar-refractivity contribution in [2.24, 2.45) is 0 Å². The van der Waals surface area contributed by atoms with Crippen LogP contribution in [0.1, 0.15) is 62.2 Å². The third-order valence-electron chi connectivity index (χ3n) is 8.24. The number of ether oxygens (including phenoxy) is 1. The number of benzene rings is 3. The number of rotatable bonds is 5. The highest BCUT2D eigenvalue weighted by molar-refractivity contribution is 14.1. The number of anilines is 1. The molecule has 2 heterocycles. The molecule has 0 N–H and O–H groups in total. The second-order valence-electron chi connectivity index (χ2n) is 11.5. The Morgan fingerprint density at radius 3 is 2.18 bits per heavy atom. The summed E-state index contributed by atoms with van der Waals surface area (Å²) in [7, 11) is 0. The van der Waals surface area contributed by atoms with Crippen molar-refractivity contribution < 1.29 is 23.9 Å². The Labute approximate surface area is 280 Å². The van der Waals surface area contributed by atoms with E-state index >= 15 is 0 Å². The minimum Gasteiger partial charge on any atom is -0.485 e. The first kappa shape index (κ1) is 29.5. The highest BCUT2D eigenvalue weighted by Crippen LogP contribution is 2.48. The van der Waals surface area contributed by atoms with Crippen molar-refractivity contribution in [3.05, 3.63) is 128 Å². The van der Waals surface area contributed by atoms with Gasteiger partial charge in [-0.15, -0.1) is 5.10 Å². The van der Waals surface area contributed by atoms with Gasteiger partial charge in [-0.3, -0.25) is 19.2 Å². The van der Waals surface area contributed by atoms with Gasteiger partial charge in [0.1, 0.15) is 23.1 Å². The molecule has 3 aliphatic rings. The van der Waals surface area contributed by atoms with E-state index in [-0.39, 0.29) is 29.4 Å². The fourth-order valence-corrected chi connectivity index (χ4v) is 6.94. The largest absolute Gasteiger partial charge is 0.485 e. The maximum atomic E-state index is 13.7. The van der Waals surface area contributed by atoms with E-state index in [9.17, 15) is 19.2 Å². The fourth-order valence-electron chi connectivity index (χ4n) is 5.99. The number of nitrogens with zero attached hydrogens (tertiary/aromatic N) is 4. The quantitative estimate of drug-likeness (QED) is 0.135. The van der Waals surface area contributed by atoms with Crippen LogP contribution in [0, 0.1) is 3.57 Å². The van der Waals surface area contributed by atoms with Crippen molar-refractivity contribution in [3.63, 3.8) is 0 Å². The van der Waals surface area contributed by atoms with Gasteiger partial charge in [0.05, 0.1) is 28.8 Å². The van der Waals surface area contributed by atoms with Gasteiger partial charge in [-0.05, 0) is 60.7 Å². The minimum atomic E-state index is -0.788. The SMILES string of the molecule is CC1(C)OC2=C(C(=O)C(=O)c3ccccc32)[C@@H](n2cc(CN(C3=CC(=O)c4ccccc4C3=O)c3ccc(I)cc3)nn2)[C@@H]1Br. The van der Waals surface area contributed by atoms with Gasteiger partial charge in [-0.2, -0.15) is 0 Å². The van der Waals surface area contributed by atoms with Crippen LogP contribution in [0.2, 0.25) is 0 Å². The van der Waals surface area contributed by atoms with Gasteiger partial charge in [0.15, 0.2) is 5.78 Å². The summed E-state index contributed by atoms with van der Waals surface area (Å²) in [6.45, 7) is 3.91. The van der Waals surface area contributed by atoms with Crippen molar-refractivity contribution in [3.8, 4) is 0 Å². The highest BCUT2D eigenvalue weighted by atomic mass is 127. The molecule has 0 saturated carbocycles. The lowest BCUT2D eigenvalue weighted by Gasteiger charge is -2.44. The Bertz CT molecular complexity index is 2010. The Hall–Kier alpha value is -4.23. The molecule has 2 atom stereocenters. The average Bonchev–Trinajstić information content (AvgIpc) is 3.50. The summed E-state index contributed by atoms with van der Waals surface area (Å²) in [6.07, 6.45) is 3.07. The van der Waals surface area contributed by atoms with Crippen molar-refractivity contribution in [2.75, 3.05) is 4.90 Å². The van der Waals surface area contributed by atoms with Crippen LogP contribution in [0.25, 0.3) is 5.76 Å². The lowest BCUT2D eigenvalue weighted by Crippen LogP contribution is -2.48. The second-order valence-corrected chi connectivity index (χ2v) is 13.8. The topological polar surface area (TPSA) is 111 Å². The molecule has 2 aliphatic carbocycles. The summed E-state index contributed by atoms with van der Waals surface area (Å²) in [6, 6.07) is 20.6. The molecule has 11 heteroatoms. The van der Waals surface area contributed by atoms with Crippen LogP contribution >= 0.6 is 38.5 Å². The number of ketones is 4. The first-order valence-electron chi connectivity index (χ1n) is 14.1. The number of carbonyl (C=O) groups excluding carboxylic acids is 4. The number of hydrogen-bond acceptors (Lipinski definition) is 8. The fraction of sp³-hybridized carbons (Fsp3) is 0.176. The predicted octanol–water partition coefficient (Wildman–Crippen LogP) is 6.14. The second kappa shape index (κ2) is 11.0. The summed E-state index contributed by atoms with van der Waals surface area (Å²) in [5, 5.41) is 8.85. The van der Waals surface area contributed by atoms with Gasteiger partial charge in [0.25, 0.3) is 0 Å². The normalized spacial score (nSPS) is 20.2. The van der Waals surface area contributed by atoms with Gasteiger partial charge in [-0.25, -0.2) is 4.68 Å². The van der Waals surface area contributed by atoms with Crippen molar-refractivity contribution in [2.45, 2.75) is 36.9 Å². The van der Waals surface area contributed by atoms with Gasteiger partial charge in [0.2, 0.25) is 17.3 Å². The van der Waals surface area contributed by atoms with Crippen LogP contribution < -0.4 is 4.90 Å². The minimum absolute atomic E-state index is 0.106. The maximum absolute atomic E-state index is 13.7. The summed E-state index contributed by atoms with van der Waals surface area (Å²) < 4.78 is 8.94. The first-order chi connectivity index (χ1) is 21.5. The standard InChI is InChI=1S/C34H24BrIN4O5/c1-34(2)33(35)28(27-31(44)30(43)23-9-5-6-10-24(23)32(27)45-34)40-17-19(37-38-40)16-39(20-13-11-18(36)12-14-20)25-15-26(41)21-7-3-4-8-22(21)29(25)42/h3-15,17,28,33H,16H2,1-2H3/t28-,33+/m1/s1. The van der Waals surface area contributed by atoms with Crippen LogP contribution in [0.5, 0.6) is 0 Å². The van der Waals surface area contributed by atoms with Crippen LogP contribution in [-0.2, 0) is 16.1 Å². The highest BCUT2D eigenvalue weighted by Gasteiger charge is 2.51. The zero-order valence-electron chi connectivity index (χ0n) is 24.0. The van der Waals surface area contributed by atoms with E-state index in [1.807, 2.05) is 38.1 Å². The molecular formula is C34H24BrIN4O5. The van der Waals surface area contributed by atoms with Crippen LogP contribution in [0.3, 0.4) is 0 Å². The molecule has 0 saturated heterocycles. The molecule has 45 heavy (non-hydrogen) atoms. The smallest absolute Gasteiger partial charge is 0.235 e. The third kappa shape index (κ3) is 4.88. The van der Waals surface area contributed by atoms with Gasteiger partial charge in [0, 0.05) is 37.6 Å². The number of hydrogen-bond donors (Lipinski definition) is 0. The van der Waals surface area contributed by atoms with E-state index in [4.69, 9.17) is 4.74 Å². The number of alkyl halides is 1. The van der Waals surface area contributed by atoms with Crippen LogP contribution in [-0.4, -0.2) is 48.6 Å². The van der Waals surface area contributed by atoms with Crippen molar-refractivity contribution >= 4 is 73.1 Å². The molecule has 3 aromatic carbocycles. The summed E-state index contributed by atoms with van der Waals surface area (Å²) in [4.78, 5) is 54.9. The molecule has 0 bridgehead atoms. The van der Waals surface area contributed by atoms with E-state index in [1.165, 1.54) is 6.08 Å². The zero-order chi connectivity index (χ0) is 31.6. The maximum Gasteiger partial charge on any atom is 0.235 e. The van der Waals surface area contributed by atoms with E-state index in [0.29, 0.717) is 39.4 Å². The van der Waals surface area contributed by atoms with Gasteiger partial charge in [-0.1, -0.05) is 69.7 Å². The molecule has 4 aromatic rings. The molecule has 1 aliphatic heterocycles. The van der Waals surface area contributed by atoms with Gasteiger partial charge >= 0.3 is 0 Å². The van der Waals surface area contributed by atoms with Crippen molar-refractivity contribution in [1.82, 2.24) is 15.0 Å². The zero-order valence-corrected chi connectivity index (χ0v) is 27.8.